The SMILES string of the molecule is C[As+](C)(C[C@H](OCC(O)CO)C(=O)O)C[C@H]1O[C@@H](OC[C@H](O)COS(=O)(=O)[O-])[C@H](O)[C@@H]1O. The van der Waals surface area contributed by atoms with Crippen LogP contribution in [-0.2, 0) is 33.6 Å². The number of hydrogen-bond donors (Lipinski definition) is 6. The van der Waals surface area contributed by atoms with E-state index in [0.29, 0.717) is 0 Å². The van der Waals surface area contributed by atoms with Crippen LogP contribution in [0.15, 0.2) is 0 Å². The van der Waals surface area contributed by atoms with Crippen molar-refractivity contribution in [3.8, 4) is 0 Å². The monoisotopic (exact) mass is 554 g/mol. The first-order valence-corrected chi connectivity index (χ1v) is 17.3. The molecule has 1 saturated heterocycles. The quantitative estimate of drug-likeness (QED) is 0.0666. The Bertz CT molecular complexity index is 688. The second kappa shape index (κ2) is 12.9. The summed E-state index contributed by atoms with van der Waals surface area (Å²) in [6, 6.07) is 0. The minimum absolute atomic E-state index is 0.125. The van der Waals surface area contributed by atoms with E-state index in [-0.39, 0.29) is 17.0 Å². The van der Waals surface area contributed by atoms with Crippen molar-refractivity contribution in [2.24, 2.45) is 0 Å². The fraction of sp³-hybridized carbons (Fsp3) is 0.938. The third-order valence-electron chi connectivity index (χ3n) is 4.49. The van der Waals surface area contributed by atoms with Crippen molar-refractivity contribution in [2.75, 3.05) is 26.4 Å². The number of aliphatic carboxylic acids is 1. The molecule has 32 heavy (non-hydrogen) atoms. The van der Waals surface area contributed by atoms with Crippen LogP contribution >= 0.6 is 0 Å². The summed E-state index contributed by atoms with van der Waals surface area (Å²) in [7, 11) is -4.99. The van der Waals surface area contributed by atoms with Crippen molar-refractivity contribution in [1.82, 2.24) is 0 Å². The minimum atomic E-state index is -4.99. The van der Waals surface area contributed by atoms with Crippen LogP contribution in [0.5, 0.6) is 0 Å². The van der Waals surface area contributed by atoms with Crippen molar-refractivity contribution in [2.45, 2.75) is 64.8 Å². The van der Waals surface area contributed by atoms with Gasteiger partial charge >= 0.3 is 188 Å². The van der Waals surface area contributed by atoms with E-state index < -0.39 is 92.7 Å². The first-order chi connectivity index (χ1) is 14.6. The Kier molecular flexibility index (Phi) is 11.9. The number of carbonyl (C=O) groups is 1. The average Bonchev–Trinajstić information content (AvgIpc) is 2.94. The maximum absolute atomic E-state index is 11.5. The van der Waals surface area contributed by atoms with E-state index in [2.05, 4.69) is 4.18 Å². The van der Waals surface area contributed by atoms with E-state index in [0.717, 1.165) is 0 Å². The molecule has 7 atom stereocenters. The van der Waals surface area contributed by atoms with E-state index in [1.807, 2.05) is 11.4 Å². The van der Waals surface area contributed by atoms with E-state index in [9.17, 15) is 43.3 Å². The molecule has 1 unspecified atom stereocenters. The van der Waals surface area contributed by atoms with Crippen LogP contribution < -0.4 is 0 Å². The molecule has 190 valence electrons. The van der Waals surface area contributed by atoms with Crippen LogP contribution in [0, 0.1) is 0 Å². The van der Waals surface area contributed by atoms with Gasteiger partial charge in [0.15, 0.2) is 0 Å². The Morgan fingerprint density at radius 3 is 2.28 bits per heavy atom. The van der Waals surface area contributed by atoms with Gasteiger partial charge in [0.25, 0.3) is 0 Å². The third kappa shape index (κ3) is 10.7. The number of hydrogen-bond acceptors (Lipinski definition) is 13. The van der Waals surface area contributed by atoms with Crippen molar-refractivity contribution >= 4 is 29.9 Å². The summed E-state index contributed by atoms with van der Waals surface area (Å²) in [6.45, 7) is -2.35. The van der Waals surface area contributed by atoms with Gasteiger partial charge in [0.05, 0.1) is 0 Å². The normalized spacial score (nSPS) is 27.2. The summed E-state index contributed by atoms with van der Waals surface area (Å²) in [5, 5.41) is 57.9. The number of rotatable bonds is 15. The molecule has 16 heteroatoms. The Balaban J connectivity index is 2.62. The zero-order valence-electron chi connectivity index (χ0n) is 17.6. The third-order valence-corrected chi connectivity index (χ3v) is 10.5. The van der Waals surface area contributed by atoms with E-state index in [1.54, 1.807) is 0 Å². The zero-order valence-corrected chi connectivity index (χ0v) is 20.3. The number of carboxylic acids is 1. The van der Waals surface area contributed by atoms with Crippen LogP contribution in [0.4, 0.5) is 0 Å². The summed E-state index contributed by atoms with van der Waals surface area (Å²) in [4.78, 5) is 11.5. The molecule has 0 aromatic rings. The van der Waals surface area contributed by atoms with Crippen LogP contribution in [-0.4, -0.2) is 132 Å². The van der Waals surface area contributed by atoms with Gasteiger partial charge in [0.1, 0.15) is 0 Å². The molecule has 0 aromatic carbocycles. The fourth-order valence-corrected chi connectivity index (χ4v) is 8.66. The van der Waals surface area contributed by atoms with Gasteiger partial charge in [-0.3, -0.25) is 0 Å². The fourth-order valence-electron chi connectivity index (χ4n) is 2.91. The summed E-state index contributed by atoms with van der Waals surface area (Å²) in [6.07, 6.45) is -9.06. The molecule has 1 aliphatic heterocycles. The van der Waals surface area contributed by atoms with Crippen LogP contribution in [0.1, 0.15) is 0 Å². The number of carboxylic acid groups (broad SMARTS) is 1. The molecule has 1 fully saturated rings. The second-order valence-corrected chi connectivity index (χ2v) is 18.7. The van der Waals surface area contributed by atoms with Crippen LogP contribution in [0.3, 0.4) is 0 Å². The van der Waals surface area contributed by atoms with Crippen molar-refractivity contribution in [1.29, 1.82) is 0 Å². The van der Waals surface area contributed by atoms with E-state index >= 15 is 0 Å². The van der Waals surface area contributed by atoms with Crippen molar-refractivity contribution in [3.05, 3.63) is 0 Å². The van der Waals surface area contributed by atoms with Gasteiger partial charge in [-0.05, 0) is 0 Å². The predicted octanol–water partition coefficient (Wildman–Crippen LogP) is -3.18. The molecule has 14 nitrogen and oxygen atoms in total. The molecule has 0 saturated carbocycles. The number of aliphatic hydroxyl groups is 5. The van der Waals surface area contributed by atoms with Gasteiger partial charge in [-0.25, -0.2) is 0 Å². The predicted molar refractivity (Wildman–Crippen MR) is 106 cm³/mol. The van der Waals surface area contributed by atoms with E-state index in [4.69, 9.17) is 19.3 Å². The Morgan fingerprint density at radius 2 is 1.75 bits per heavy atom. The molecular weight excluding hydrogens is 523 g/mol. The maximum atomic E-state index is 11.5. The Hall–Kier alpha value is -0.422. The summed E-state index contributed by atoms with van der Waals surface area (Å²) >= 11 is -2.82. The molecule has 0 aliphatic carbocycles. The Morgan fingerprint density at radius 1 is 1.12 bits per heavy atom. The molecule has 6 N–H and O–H groups in total. The molecule has 0 spiro atoms. The van der Waals surface area contributed by atoms with Crippen molar-refractivity contribution < 1.29 is 66.8 Å². The molecule has 1 aliphatic rings. The van der Waals surface area contributed by atoms with Gasteiger partial charge < -0.3 is 0 Å². The van der Waals surface area contributed by atoms with Crippen LogP contribution in [0.2, 0.25) is 21.8 Å². The standard InChI is InChI=1S/C16H31AsO14S/c1-17(2,4-12(15(23)24)28-6-9(19)5-18)3-11-13(21)14(22)16(31-11)29-7-10(20)8-30-32(25,26)27/h9-14,16,18-22H,3-8H2,1-2H3,(H-,23,24,25,26,27)/t9?,10-,11+,12-,13+,14+,16+/m0/s1. The molecule has 1 rings (SSSR count). The molecule has 0 bridgehead atoms. The zero-order chi connectivity index (χ0) is 24.7. The molecule has 0 aromatic heterocycles. The van der Waals surface area contributed by atoms with Crippen LogP contribution in [0.25, 0.3) is 0 Å². The van der Waals surface area contributed by atoms with Gasteiger partial charge in [-0.1, -0.05) is 0 Å². The number of ether oxygens (including phenoxy) is 3. The number of aliphatic hydroxyl groups excluding tert-OH is 5. The Labute approximate surface area is 188 Å². The molecule has 0 radical (unpaired) electrons. The van der Waals surface area contributed by atoms with Gasteiger partial charge in [-0.15, -0.1) is 0 Å². The first-order valence-electron chi connectivity index (χ1n) is 9.52. The summed E-state index contributed by atoms with van der Waals surface area (Å²) in [5.41, 5.74) is 3.70. The topological polar surface area (TPSA) is 233 Å². The van der Waals surface area contributed by atoms with E-state index in [1.165, 1.54) is 0 Å². The first kappa shape index (κ1) is 29.6. The summed E-state index contributed by atoms with van der Waals surface area (Å²) < 4.78 is 50.9. The van der Waals surface area contributed by atoms with Gasteiger partial charge in [-0.2, -0.15) is 0 Å². The molecule has 0 amide bonds. The average molecular weight is 554 g/mol. The molecule has 1 heterocycles. The van der Waals surface area contributed by atoms with Gasteiger partial charge in [0, 0.05) is 0 Å². The van der Waals surface area contributed by atoms with Crippen molar-refractivity contribution in [3.63, 3.8) is 0 Å². The van der Waals surface area contributed by atoms with Gasteiger partial charge in [0.2, 0.25) is 0 Å². The molecular formula is C16H31AsO14S. The second-order valence-electron chi connectivity index (χ2n) is 8.00. The summed E-state index contributed by atoms with van der Waals surface area (Å²) in [5.74, 6) is -1.24.